The SMILES string of the molecule is CNS(=O)(=O)c1ccc(CCC(=O)NCc2cccnc2)cc1. The van der Waals surface area contributed by atoms with Crippen LogP contribution in [0.15, 0.2) is 53.7 Å². The molecule has 1 heterocycles. The van der Waals surface area contributed by atoms with E-state index in [9.17, 15) is 13.2 Å². The topological polar surface area (TPSA) is 88.2 Å². The summed E-state index contributed by atoms with van der Waals surface area (Å²) in [5.74, 6) is -0.0548. The first kappa shape index (κ1) is 17.1. The Morgan fingerprint density at radius 1 is 1.13 bits per heavy atom. The fraction of sp³-hybridized carbons (Fsp3) is 0.250. The van der Waals surface area contributed by atoms with E-state index in [1.807, 2.05) is 12.1 Å². The second-order valence-corrected chi connectivity index (χ2v) is 6.88. The van der Waals surface area contributed by atoms with E-state index >= 15 is 0 Å². The molecule has 1 aromatic carbocycles. The minimum absolute atomic E-state index is 0.0548. The van der Waals surface area contributed by atoms with Gasteiger partial charge in [0.25, 0.3) is 0 Å². The highest BCUT2D eigenvalue weighted by Gasteiger charge is 2.10. The molecule has 0 aliphatic rings. The number of carbonyl (C=O) groups is 1. The molecule has 0 saturated heterocycles. The summed E-state index contributed by atoms with van der Waals surface area (Å²) in [5, 5.41) is 2.83. The van der Waals surface area contributed by atoms with E-state index in [0.717, 1.165) is 11.1 Å². The van der Waals surface area contributed by atoms with Gasteiger partial charge in [0.05, 0.1) is 4.90 Å². The van der Waals surface area contributed by atoms with Gasteiger partial charge in [-0.05, 0) is 42.8 Å². The number of nitrogens with one attached hydrogen (secondary N) is 2. The average Bonchev–Trinajstić information content (AvgIpc) is 2.59. The quantitative estimate of drug-likeness (QED) is 0.798. The highest BCUT2D eigenvalue weighted by Crippen LogP contribution is 2.11. The van der Waals surface area contributed by atoms with Crippen molar-refractivity contribution < 1.29 is 13.2 Å². The first-order chi connectivity index (χ1) is 11.0. The molecule has 0 radical (unpaired) electrons. The van der Waals surface area contributed by atoms with Crippen molar-refractivity contribution in [2.24, 2.45) is 0 Å². The van der Waals surface area contributed by atoms with Crippen LogP contribution in [0, 0.1) is 0 Å². The number of aryl methyl sites for hydroxylation is 1. The number of hydrogen-bond acceptors (Lipinski definition) is 4. The third-order valence-electron chi connectivity index (χ3n) is 3.36. The molecule has 2 rings (SSSR count). The van der Waals surface area contributed by atoms with Crippen molar-refractivity contribution in [3.8, 4) is 0 Å². The van der Waals surface area contributed by atoms with Crippen molar-refractivity contribution >= 4 is 15.9 Å². The minimum Gasteiger partial charge on any atom is -0.352 e. The Morgan fingerprint density at radius 3 is 2.48 bits per heavy atom. The Labute approximate surface area is 136 Å². The van der Waals surface area contributed by atoms with Gasteiger partial charge in [-0.25, -0.2) is 13.1 Å². The summed E-state index contributed by atoms with van der Waals surface area (Å²) in [6, 6.07) is 10.2. The lowest BCUT2D eigenvalue weighted by Crippen LogP contribution is -2.23. The molecule has 1 amide bonds. The number of nitrogens with zero attached hydrogens (tertiary/aromatic N) is 1. The Balaban J connectivity index is 1.82. The summed E-state index contributed by atoms with van der Waals surface area (Å²) in [5.41, 5.74) is 1.86. The first-order valence-corrected chi connectivity index (χ1v) is 8.67. The van der Waals surface area contributed by atoms with E-state index in [0.29, 0.717) is 19.4 Å². The second-order valence-electron chi connectivity index (χ2n) is 4.99. The number of amides is 1. The van der Waals surface area contributed by atoms with Crippen LogP contribution in [0.5, 0.6) is 0 Å². The largest absolute Gasteiger partial charge is 0.352 e. The van der Waals surface area contributed by atoms with Crippen molar-refractivity contribution in [3.63, 3.8) is 0 Å². The number of sulfonamides is 1. The molecule has 0 aliphatic carbocycles. The monoisotopic (exact) mass is 333 g/mol. The van der Waals surface area contributed by atoms with E-state index in [2.05, 4.69) is 15.0 Å². The molecule has 0 saturated carbocycles. The highest BCUT2D eigenvalue weighted by molar-refractivity contribution is 7.89. The molecule has 0 bridgehead atoms. The Hall–Kier alpha value is -2.25. The zero-order chi connectivity index (χ0) is 16.7. The zero-order valence-electron chi connectivity index (χ0n) is 12.8. The number of hydrogen-bond donors (Lipinski definition) is 2. The Kier molecular flexibility index (Phi) is 5.84. The summed E-state index contributed by atoms with van der Waals surface area (Å²) in [7, 11) is -2.05. The number of aromatic nitrogens is 1. The Bertz CT molecular complexity index is 744. The molecular formula is C16H19N3O3S. The molecule has 0 aliphatic heterocycles. The van der Waals surface area contributed by atoms with Crippen LogP contribution in [0.25, 0.3) is 0 Å². The molecule has 0 spiro atoms. The number of carbonyl (C=O) groups excluding carboxylic acids is 1. The molecule has 2 N–H and O–H groups in total. The zero-order valence-corrected chi connectivity index (χ0v) is 13.6. The standard InChI is InChI=1S/C16H19N3O3S/c1-17-23(21,22)15-7-4-13(5-8-15)6-9-16(20)19-12-14-3-2-10-18-11-14/h2-5,7-8,10-11,17H,6,9,12H2,1H3,(H,19,20). The van der Waals surface area contributed by atoms with E-state index in [1.165, 1.54) is 19.2 Å². The van der Waals surface area contributed by atoms with Crippen LogP contribution in [0.1, 0.15) is 17.5 Å². The molecule has 0 fully saturated rings. The highest BCUT2D eigenvalue weighted by atomic mass is 32.2. The number of benzene rings is 1. The third-order valence-corrected chi connectivity index (χ3v) is 4.79. The van der Waals surface area contributed by atoms with Crippen LogP contribution in [0.4, 0.5) is 0 Å². The fourth-order valence-corrected chi connectivity index (χ4v) is 2.73. The van der Waals surface area contributed by atoms with Gasteiger partial charge in [0, 0.05) is 25.4 Å². The summed E-state index contributed by atoms with van der Waals surface area (Å²) in [6.07, 6.45) is 4.29. The van der Waals surface area contributed by atoms with E-state index in [4.69, 9.17) is 0 Å². The van der Waals surface area contributed by atoms with Gasteiger partial charge in [0.15, 0.2) is 0 Å². The van der Waals surface area contributed by atoms with Gasteiger partial charge in [-0.3, -0.25) is 9.78 Å². The second kappa shape index (κ2) is 7.85. The van der Waals surface area contributed by atoms with Gasteiger partial charge >= 0.3 is 0 Å². The smallest absolute Gasteiger partial charge is 0.240 e. The summed E-state index contributed by atoms with van der Waals surface area (Å²) in [4.78, 5) is 16.0. The van der Waals surface area contributed by atoms with E-state index in [1.54, 1.807) is 24.5 Å². The Morgan fingerprint density at radius 2 is 1.87 bits per heavy atom. The average molecular weight is 333 g/mol. The van der Waals surface area contributed by atoms with Gasteiger partial charge in [-0.15, -0.1) is 0 Å². The van der Waals surface area contributed by atoms with Crippen molar-refractivity contribution in [1.82, 2.24) is 15.0 Å². The fourth-order valence-electron chi connectivity index (χ4n) is 2.00. The van der Waals surface area contributed by atoms with Gasteiger partial charge in [-0.2, -0.15) is 0 Å². The molecule has 7 heteroatoms. The molecule has 122 valence electrons. The maximum Gasteiger partial charge on any atom is 0.240 e. The van der Waals surface area contributed by atoms with Crippen molar-refractivity contribution in [3.05, 3.63) is 59.9 Å². The maximum absolute atomic E-state index is 11.8. The van der Waals surface area contributed by atoms with Gasteiger partial charge in [-0.1, -0.05) is 18.2 Å². The van der Waals surface area contributed by atoms with Crippen molar-refractivity contribution in [1.29, 1.82) is 0 Å². The lowest BCUT2D eigenvalue weighted by atomic mass is 10.1. The van der Waals surface area contributed by atoms with E-state index < -0.39 is 10.0 Å². The third kappa shape index (κ3) is 5.15. The van der Waals surface area contributed by atoms with Crippen LogP contribution in [0.3, 0.4) is 0 Å². The van der Waals surface area contributed by atoms with Crippen LogP contribution in [0.2, 0.25) is 0 Å². The predicted molar refractivity (Wildman–Crippen MR) is 87.1 cm³/mol. The van der Waals surface area contributed by atoms with Crippen LogP contribution < -0.4 is 10.0 Å². The lowest BCUT2D eigenvalue weighted by molar-refractivity contribution is -0.121. The van der Waals surface area contributed by atoms with Crippen molar-refractivity contribution in [2.75, 3.05) is 7.05 Å². The number of rotatable bonds is 7. The molecule has 2 aromatic rings. The maximum atomic E-state index is 11.8. The van der Waals surface area contributed by atoms with Crippen LogP contribution in [-0.4, -0.2) is 26.4 Å². The first-order valence-electron chi connectivity index (χ1n) is 7.19. The molecule has 1 aromatic heterocycles. The predicted octanol–water partition coefficient (Wildman–Crippen LogP) is 1.24. The van der Waals surface area contributed by atoms with Crippen LogP contribution in [-0.2, 0) is 27.8 Å². The summed E-state index contributed by atoms with van der Waals surface area (Å²) in [6.45, 7) is 0.450. The van der Waals surface area contributed by atoms with Crippen molar-refractivity contribution in [2.45, 2.75) is 24.3 Å². The molecule has 0 unspecified atom stereocenters. The molecule has 23 heavy (non-hydrogen) atoms. The molecule has 6 nitrogen and oxygen atoms in total. The summed E-state index contributed by atoms with van der Waals surface area (Å²) >= 11 is 0. The minimum atomic E-state index is -3.42. The van der Waals surface area contributed by atoms with Gasteiger partial charge < -0.3 is 5.32 Å². The lowest BCUT2D eigenvalue weighted by Gasteiger charge is -2.06. The molecular weight excluding hydrogens is 314 g/mol. The molecule has 0 atom stereocenters. The van der Waals surface area contributed by atoms with E-state index in [-0.39, 0.29) is 10.8 Å². The summed E-state index contributed by atoms with van der Waals surface area (Å²) < 4.78 is 25.5. The van der Waals surface area contributed by atoms with Gasteiger partial charge in [0.2, 0.25) is 15.9 Å². The number of pyridine rings is 1. The van der Waals surface area contributed by atoms with Crippen LogP contribution >= 0.6 is 0 Å². The normalized spacial score (nSPS) is 11.2. The van der Waals surface area contributed by atoms with Gasteiger partial charge in [0.1, 0.15) is 0 Å².